The van der Waals surface area contributed by atoms with Gasteiger partial charge in [0.05, 0.1) is 23.5 Å². The molecule has 4 nitrogen and oxygen atoms in total. The van der Waals surface area contributed by atoms with Crippen LogP contribution in [-0.2, 0) is 11.3 Å². The maximum Gasteiger partial charge on any atom is 0.221 e. The highest BCUT2D eigenvalue weighted by Crippen LogP contribution is 2.14. The van der Waals surface area contributed by atoms with Gasteiger partial charge in [-0.15, -0.1) is 0 Å². The predicted octanol–water partition coefficient (Wildman–Crippen LogP) is 7.61. The van der Waals surface area contributed by atoms with Gasteiger partial charge in [0.2, 0.25) is 5.91 Å². The van der Waals surface area contributed by atoms with Gasteiger partial charge in [-0.25, -0.2) is 0 Å². The molecule has 174 valence electrons. The summed E-state index contributed by atoms with van der Waals surface area (Å²) in [4.78, 5) is 11.9. The van der Waals surface area contributed by atoms with Crippen molar-refractivity contribution in [3.63, 3.8) is 0 Å². The van der Waals surface area contributed by atoms with Crippen LogP contribution < -0.4 is 5.32 Å². The van der Waals surface area contributed by atoms with Gasteiger partial charge < -0.3 is 5.32 Å². The molecule has 1 heterocycles. The Kier molecular flexibility index (Phi) is 16.8. The van der Waals surface area contributed by atoms with Crippen LogP contribution in [0.4, 0.5) is 0 Å². The smallest absolute Gasteiger partial charge is 0.221 e. The molecule has 0 radical (unpaired) electrons. The Morgan fingerprint density at radius 3 is 1.77 bits per heavy atom. The minimum absolute atomic E-state index is 0.0991. The number of carbonyl (C=O) groups is 1. The number of aromatic nitrogens is 2. The van der Waals surface area contributed by atoms with Gasteiger partial charge in [0.25, 0.3) is 0 Å². The highest BCUT2D eigenvalue weighted by atomic mass is 35.5. The third-order valence-electron chi connectivity index (χ3n) is 5.95. The van der Waals surface area contributed by atoms with Crippen molar-refractivity contribution in [2.24, 2.45) is 0 Å². The number of nitrogens with zero attached hydrogens (tertiary/aromatic N) is 2. The number of halogens is 1. The fourth-order valence-electron chi connectivity index (χ4n) is 3.85. The Hall–Kier alpha value is -1.03. The maximum absolute atomic E-state index is 11.9. The van der Waals surface area contributed by atoms with Gasteiger partial charge in [0, 0.05) is 13.0 Å². The predicted molar refractivity (Wildman–Crippen MR) is 129 cm³/mol. The van der Waals surface area contributed by atoms with Gasteiger partial charge in [-0.05, 0) is 13.3 Å². The van der Waals surface area contributed by atoms with Gasteiger partial charge in [0.1, 0.15) is 0 Å². The summed E-state index contributed by atoms with van der Waals surface area (Å²) in [6.45, 7) is 5.58. The standard InChI is InChI=1S/C25H46ClN3O/c1-3-4-5-6-7-8-9-10-11-12-13-14-15-16-17-18-20-27-25(30)19-21-29-23(2)24(26)22-28-29/h22H,3-21H2,1-2H3,(H,27,30). The zero-order valence-corrected chi connectivity index (χ0v) is 20.4. The molecule has 0 aliphatic rings. The Balaban J connectivity index is 1.78. The minimum atomic E-state index is 0.0991. The summed E-state index contributed by atoms with van der Waals surface area (Å²) in [6, 6.07) is 0. The van der Waals surface area contributed by atoms with Crippen molar-refractivity contribution >= 4 is 17.5 Å². The van der Waals surface area contributed by atoms with Crippen LogP contribution in [-0.4, -0.2) is 22.2 Å². The van der Waals surface area contributed by atoms with Crippen molar-refractivity contribution < 1.29 is 4.79 Å². The molecule has 1 aromatic rings. The second-order valence-corrected chi connectivity index (χ2v) is 9.11. The number of aryl methyl sites for hydroxylation is 1. The van der Waals surface area contributed by atoms with Crippen molar-refractivity contribution in [1.82, 2.24) is 15.1 Å². The monoisotopic (exact) mass is 439 g/mol. The third kappa shape index (κ3) is 14.1. The fraction of sp³-hybridized carbons (Fsp3) is 0.840. The van der Waals surface area contributed by atoms with Gasteiger partial charge in [0.15, 0.2) is 0 Å². The first kappa shape index (κ1) is 27.0. The quantitative estimate of drug-likeness (QED) is 0.212. The van der Waals surface area contributed by atoms with E-state index >= 15 is 0 Å². The average molecular weight is 440 g/mol. The lowest BCUT2D eigenvalue weighted by Gasteiger charge is -2.07. The first-order valence-electron chi connectivity index (χ1n) is 12.6. The topological polar surface area (TPSA) is 46.9 Å². The SMILES string of the molecule is CCCCCCCCCCCCCCCCCCNC(=O)CCn1ncc(Cl)c1C. The highest BCUT2D eigenvalue weighted by molar-refractivity contribution is 6.31. The Bertz CT molecular complexity index is 544. The van der Waals surface area contributed by atoms with E-state index in [0.29, 0.717) is 18.0 Å². The summed E-state index contributed by atoms with van der Waals surface area (Å²) < 4.78 is 1.79. The lowest BCUT2D eigenvalue weighted by molar-refractivity contribution is -0.121. The van der Waals surface area contributed by atoms with Crippen LogP contribution in [0.25, 0.3) is 0 Å². The Labute approximate surface area is 190 Å². The fourth-order valence-corrected chi connectivity index (χ4v) is 3.99. The molecule has 0 aromatic carbocycles. The van der Waals surface area contributed by atoms with E-state index in [-0.39, 0.29) is 5.91 Å². The van der Waals surface area contributed by atoms with Crippen molar-refractivity contribution in [3.8, 4) is 0 Å². The van der Waals surface area contributed by atoms with Crippen LogP contribution in [0.1, 0.15) is 122 Å². The second kappa shape index (κ2) is 18.7. The van der Waals surface area contributed by atoms with Crippen LogP contribution in [0, 0.1) is 6.92 Å². The summed E-state index contributed by atoms with van der Waals surface area (Å²) in [5.41, 5.74) is 0.919. The molecule has 0 unspecified atom stereocenters. The molecule has 0 aliphatic heterocycles. The molecule has 1 N–H and O–H groups in total. The van der Waals surface area contributed by atoms with Crippen LogP contribution in [0.3, 0.4) is 0 Å². The Morgan fingerprint density at radius 1 is 0.867 bits per heavy atom. The van der Waals surface area contributed by atoms with Crippen molar-refractivity contribution in [2.45, 2.75) is 130 Å². The first-order chi connectivity index (χ1) is 14.6. The summed E-state index contributed by atoms with van der Waals surface area (Å²) in [5, 5.41) is 7.85. The van der Waals surface area contributed by atoms with Gasteiger partial charge in [-0.1, -0.05) is 115 Å². The largest absolute Gasteiger partial charge is 0.356 e. The normalized spacial score (nSPS) is 11.2. The molecule has 0 spiro atoms. The van der Waals surface area contributed by atoms with Crippen LogP contribution >= 0.6 is 11.6 Å². The summed E-state index contributed by atoms with van der Waals surface area (Å²) in [7, 11) is 0. The molecule has 30 heavy (non-hydrogen) atoms. The maximum atomic E-state index is 11.9. The molecule has 0 aliphatic carbocycles. The second-order valence-electron chi connectivity index (χ2n) is 8.70. The number of hydrogen-bond donors (Lipinski definition) is 1. The molecule has 0 fully saturated rings. The lowest BCUT2D eigenvalue weighted by atomic mass is 10.0. The van der Waals surface area contributed by atoms with E-state index in [1.54, 1.807) is 10.9 Å². The highest BCUT2D eigenvalue weighted by Gasteiger charge is 2.06. The zero-order chi connectivity index (χ0) is 21.9. The summed E-state index contributed by atoms with van der Waals surface area (Å²) in [6.07, 6.45) is 24.0. The molecular weight excluding hydrogens is 394 g/mol. The van der Waals surface area contributed by atoms with E-state index in [1.165, 1.54) is 96.3 Å². The molecule has 1 amide bonds. The molecular formula is C25H46ClN3O. The van der Waals surface area contributed by atoms with Gasteiger partial charge >= 0.3 is 0 Å². The van der Waals surface area contributed by atoms with Crippen molar-refractivity contribution in [2.75, 3.05) is 6.54 Å². The molecule has 0 bridgehead atoms. The number of nitrogens with one attached hydrogen (secondary N) is 1. The molecule has 1 rings (SSSR count). The molecule has 0 saturated carbocycles. The number of rotatable bonds is 20. The van der Waals surface area contributed by atoms with E-state index in [4.69, 9.17) is 11.6 Å². The molecule has 5 heteroatoms. The third-order valence-corrected chi connectivity index (χ3v) is 6.32. The first-order valence-corrected chi connectivity index (χ1v) is 13.0. The van der Waals surface area contributed by atoms with E-state index in [9.17, 15) is 4.79 Å². The summed E-state index contributed by atoms with van der Waals surface area (Å²) in [5.74, 6) is 0.0991. The van der Waals surface area contributed by atoms with Crippen molar-refractivity contribution in [3.05, 3.63) is 16.9 Å². The van der Waals surface area contributed by atoms with Gasteiger partial charge in [-0.3, -0.25) is 9.48 Å². The number of carbonyl (C=O) groups excluding carboxylic acids is 1. The van der Waals surface area contributed by atoms with Crippen LogP contribution in [0.2, 0.25) is 5.02 Å². The number of amides is 1. The number of hydrogen-bond acceptors (Lipinski definition) is 2. The van der Waals surface area contributed by atoms with Gasteiger partial charge in [-0.2, -0.15) is 5.10 Å². The minimum Gasteiger partial charge on any atom is -0.356 e. The van der Waals surface area contributed by atoms with Crippen LogP contribution in [0.5, 0.6) is 0 Å². The van der Waals surface area contributed by atoms with E-state index in [0.717, 1.165) is 18.7 Å². The Morgan fingerprint density at radius 2 is 1.33 bits per heavy atom. The zero-order valence-electron chi connectivity index (χ0n) is 19.7. The number of unbranched alkanes of at least 4 members (excludes halogenated alkanes) is 15. The van der Waals surface area contributed by atoms with E-state index in [2.05, 4.69) is 17.3 Å². The molecule has 1 aromatic heterocycles. The summed E-state index contributed by atoms with van der Waals surface area (Å²) >= 11 is 5.98. The van der Waals surface area contributed by atoms with Crippen molar-refractivity contribution in [1.29, 1.82) is 0 Å². The lowest BCUT2D eigenvalue weighted by Crippen LogP contribution is -2.25. The molecule has 0 atom stereocenters. The van der Waals surface area contributed by atoms with Crippen LogP contribution in [0.15, 0.2) is 6.20 Å². The van der Waals surface area contributed by atoms with E-state index in [1.807, 2.05) is 6.92 Å². The van der Waals surface area contributed by atoms with E-state index < -0.39 is 0 Å². The molecule has 0 saturated heterocycles. The average Bonchev–Trinajstić information content (AvgIpc) is 3.06.